The molecule has 2 unspecified atom stereocenters. The minimum atomic E-state index is -0.504. The zero-order valence-electron chi connectivity index (χ0n) is 21.7. The average molecular weight is 477 g/mol. The lowest BCUT2D eigenvalue weighted by molar-refractivity contribution is -0.128. The van der Waals surface area contributed by atoms with Gasteiger partial charge in [0.2, 0.25) is 0 Å². The summed E-state index contributed by atoms with van der Waals surface area (Å²) in [5.41, 5.74) is 2.15. The summed E-state index contributed by atoms with van der Waals surface area (Å²) in [7, 11) is 1.66. The van der Waals surface area contributed by atoms with Crippen LogP contribution in [0, 0.1) is 28.6 Å². The van der Waals surface area contributed by atoms with Crippen molar-refractivity contribution in [3.63, 3.8) is 0 Å². The molecule has 35 heavy (non-hydrogen) atoms. The highest BCUT2D eigenvalue weighted by Gasteiger charge is 2.61. The van der Waals surface area contributed by atoms with Gasteiger partial charge in [0.25, 0.3) is 0 Å². The molecule has 5 aliphatic rings. The maximum absolute atomic E-state index is 11.6. The summed E-state index contributed by atoms with van der Waals surface area (Å²) in [5.74, 6) is 3.20. The lowest BCUT2D eigenvalue weighted by atomic mass is 9.70. The van der Waals surface area contributed by atoms with Crippen molar-refractivity contribution in [1.29, 1.82) is 0 Å². The summed E-state index contributed by atoms with van der Waals surface area (Å²) in [6.07, 6.45) is 8.87. The molecule has 5 heteroatoms. The maximum Gasteiger partial charge on any atom is 0.139 e. The molecule has 0 amide bonds. The lowest BCUT2D eigenvalue weighted by Crippen LogP contribution is -2.54. The number of benzene rings is 1. The molecule has 0 radical (unpaired) electrons. The summed E-state index contributed by atoms with van der Waals surface area (Å²) in [6, 6.07) is 7.96. The van der Waals surface area contributed by atoms with E-state index >= 15 is 0 Å². The molecule has 4 heterocycles. The summed E-state index contributed by atoms with van der Waals surface area (Å²) in [5, 5.41) is 12.1. The van der Waals surface area contributed by atoms with Crippen LogP contribution in [0.5, 0.6) is 5.75 Å². The molecule has 7 rings (SSSR count). The highest BCUT2D eigenvalue weighted by atomic mass is 16.5. The number of hydrogen-bond donors (Lipinski definition) is 1. The second-order valence-corrected chi connectivity index (χ2v) is 11.9. The molecule has 5 nitrogen and oxygen atoms in total. The van der Waals surface area contributed by atoms with Crippen LogP contribution < -0.4 is 4.74 Å². The molecule has 1 N–H and O–H groups in total. The lowest BCUT2D eigenvalue weighted by Gasteiger charge is -2.50. The largest absolute Gasteiger partial charge is 0.497 e. The van der Waals surface area contributed by atoms with Gasteiger partial charge in [-0.05, 0) is 85.2 Å². The number of methoxy groups -OCH3 is 1. The first-order chi connectivity index (χ1) is 16.7. The Morgan fingerprint density at radius 3 is 2.60 bits per heavy atom. The zero-order valence-corrected chi connectivity index (χ0v) is 21.7. The predicted octanol–water partition coefficient (Wildman–Crippen LogP) is 5.57. The monoisotopic (exact) mass is 476 g/mol. The summed E-state index contributed by atoms with van der Waals surface area (Å²) in [6.45, 7) is 12.7. The van der Waals surface area contributed by atoms with E-state index in [2.05, 4.69) is 43.3 Å². The number of rotatable bonds is 4. The van der Waals surface area contributed by atoms with Gasteiger partial charge in [0, 0.05) is 36.0 Å². The van der Waals surface area contributed by atoms with E-state index in [1.165, 1.54) is 12.8 Å². The van der Waals surface area contributed by atoms with Gasteiger partial charge in [0.1, 0.15) is 11.5 Å². The Bertz CT molecular complexity index is 1130. The minimum Gasteiger partial charge on any atom is -0.497 e. The van der Waals surface area contributed by atoms with E-state index in [1.807, 2.05) is 24.3 Å². The fourth-order valence-electron chi connectivity index (χ4n) is 7.35. The summed E-state index contributed by atoms with van der Waals surface area (Å²) >= 11 is 0. The quantitative estimate of drug-likeness (QED) is 0.584. The van der Waals surface area contributed by atoms with Crippen LogP contribution in [-0.4, -0.2) is 47.0 Å². The van der Waals surface area contributed by atoms with Crippen molar-refractivity contribution >= 4 is 16.7 Å². The van der Waals surface area contributed by atoms with Crippen LogP contribution in [0.2, 0.25) is 0 Å². The highest BCUT2D eigenvalue weighted by molar-refractivity contribution is 5.89. The molecule has 0 spiro atoms. The van der Waals surface area contributed by atoms with Gasteiger partial charge in [-0.3, -0.25) is 14.7 Å². The predicted molar refractivity (Wildman–Crippen MR) is 139 cm³/mol. The molecule has 4 bridgehead atoms. The number of aromatic nitrogens is 1. The number of pyridine rings is 1. The van der Waals surface area contributed by atoms with Crippen LogP contribution in [-0.2, 0) is 4.79 Å². The number of fused-ring (bicyclic) bond motifs is 6. The topological polar surface area (TPSA) is 62.7 Å². The standard InChI is InChI=1S/C20H24N2O2.C10H16O/c1-3-13-12-22-9-7-14(13)10-19(22)20(23)16-6-8-21-18-5-4-15(24-2)11-17(16)18;1-9(2)7-4-5-10(9,3)8(11)6-7/h3-6,8,11,13-14,19-20,23H,1,7,9-10,12H2,2H3;7H,4-6H2,1-3H3/t13-,14-,19-,20+;/m0./s1. The molecule has 3 aliphatic heterocycles. The first kappa shape index (κ1) is 24.5. The Morgan fingerprint density at radius 2 is 2.06 bits per heavy atom. The van der Waals surface area contributed by atoms with E-state index in [4.69, 9.17) is 4.74 Å². The van der Waals surface area contributed by atoms with E-state index < -0.39 is 6.10 Å². The summed E-state index contributed by atoms with van der Waals surface area (Å²) in [4.78, 5) is 18.4. The van der Waals surface area contributed by atoms with Gasteiger partial charge >= 0.3 is 0 Å². The molecule has 5 fully saturated rings. The average Bonchev–Trinajstić information content (AvgIpc) is 3.21. The number of piperidine rings is 3. The molecule has 188 valence electrons. The second kappa shape index (κ2) is 9.01. The second-order valence-electron chi connectivity index (χ2n) is 11.9. The molecular formula is C30H40N2O3. The first-order valence-electron chi connectivity index (χ1n) is 13.2. The Morgan fingerprint density at radius 1 is 1.26 bits per heavy atom. The van der Waals surface area contributed by atoms with Crippen molar-refractivity contribution in [3.05, 3.63) is 48.7 Å². The van der Waals surface area contributed by atoms with Crippen molar-refractivity contribution in [1.82, 2.24) is 9.88 Å². The third kappa shape index (κ3) is 3.92. The number of carbonyl (C=O) groups is 1. The van der Waals surface area contributed by atoms with Gasteiger partial charge < -0.3 is 9.84 Å². The Balaban J connectivity index is 0.000000192. The van der Waals surface area contributed by atoms with Gasteiger partial charge in [0.15, 0.2) is 0 Å². The normalized spacial score (nSPS) is 35.5. The molecule has 7 atom stereocenters. The van der Waals surface area contributed by atoms with E-state index in [0.717, 1.165) is 54.6 Å². The number of carbonyl (C=O) groups excluding carboxylic acids is 1. The minimum absolute atomic E-state index is 0.0255. The van der Waals surface area contributed by atoms with Gasteiger partial charge in [-0.15, -0.1) is 6.58 Å². The molecular weight excluding hydrogens is 436 g/mol. The zero-order chi connectivity index (χ0) is 25.0. The number of hydrogen-bond acceptors (Lipinski definition) is 5. The number of ether oxygens (including phenoxy) is 1. The van der Waals surface area contributed by atoms with E-state index in [0.29, 0.717) is 23.5 Å². The Labute approximate surface area is 209 Å². The van der Waals surface area contributed by atoms with Crippen LogP contribution in [0.3, 0.4) is 0 Å². The van der Waals surface area contributed by atoms with Gasteiger partial charge in [0.05, 0.1) is 18.7 Å². The third-order valence-corrected chi connectivity index (χ3v) is 10.3. The highest BCUT2D eigenvalue weighted by Crippen LogP contribution is 2.63. The Kier molecular flexibility index (Phi) is 6.29. The van der Waals surface area contributed by atoms with Gasteiger partial charge in [-0.25, -0.2) is 0 Å². The molecule has 2 saturated carbocycles. The SMILES string of the molecule is C=C[C@H]1C[N@]2CC[C@H]1C[C@H]2[C@H](O)c1ccnc2ccc(OC)cc12.CC12CCC(CC1=O)C2(C)C. The number of ketones is 1. The van der Waals surface area contributed by atoms with Gasteiger partial charge in [-0.2, -0.15) is 0 Å². The number of aliphatic hydroxyl groups is 1. The summed E-state index contributed by atoms with van der Waals surface area (Å²) < 4.78 is 5.35. The maximum atomic E-state index is 11.6. The van der Waals surface area contributed by atoms with E-state index in [1.54, 1.807) is 13.3 Å². The van der Waals surface area contributed by atoms with Crippen molar-refractivity contribution in [2.45, 2.75) is 65.0 Å². The molecule has 2 aromatic rings. The van der Waals surface area contributed by atoms with Gasteiger partial charge in [-0.1, -0.05) is 26.8 Å². The van der Waals surface area contributed by atoms with Crippen molar-refractivity contribution < 1.29 is 14.6 Å². The van der Waals surface area contributed by atoms with Crippen LogP contribution in [0.15, 0.2) is 43.1 Å². The van der Waals surface area contributed by atoms with Crippen LogP contribution in [0.1, 0.15) is 64.5 Å². The van der Waals surface area contributed by atoms with Crippen LogP contribution in [0.25, 0.3) is 10.9 Å². The fraction of sp³-hybridized carbons (Fsp3) is 0.600. The fourth-order valence-corrected chi connectivity index (χ4v) is 7.35. The molecule has 2 aliphatic carbocycles. The number of Topliss-reactive ketones (excluding diaryl/α,β-unsaturated/α-hetero) is 1. The van der Waals surface area contributed by atoms with Crippen molar-refractivity contribution in [2.24, 2.45) is 28.6 Å². The molecule has 1 aromatic carbocycles. The molecule has 1 aromatic heterocycles. The smallest absolute Gasteiger partial charge is 0.139 e. The molecule has 3 saturated heterocycles. The van der Waals surface area contributed by atoms with Crippen LogP contribution in [0.4, 0.5) is 0 Å². The number of aliphatic hydroxyl groups excluding tert-OH is 1. The van der Waals surface area contributed by atoms with E-state index in [9.17, 15) is 9.90 Å². The van der Waals surface area contributed by atoms with Crippen LogP contribution >= 0.6 is 0 Å². The third-order valence-electron chi connectivity index (χ3n) is 10.3. The Hall–Kier alpha value is -2.24. The van der Waals surface area contributed by atoms with Crippen molar-refractivity contribution in [3.8, 4) is 5.75 Å². The number of nitrogens with zero attached hydrogens (tertiary/aromatic N) is 2. The van der Waals surface area contributed by atoms with E-state index in [-0.39, 0.29) is 16.9 Å². The van der Waals surface area contributed by atoms with Crippen molar-refractivity contribution in [2.75, 3.05) is 20.2 Å². The first-order valence-corrected chi connectivity index (χ1v) is 13.2.